The fourth-order valence-corrected chi connectivity index (χ4v) is 1.70. The molecule has 1 amide bonds. The first-order valence-corrected chi connectivity index (χ1v) is 5.65. The molecule has 0 saturated heterocycles. The molecule has 0 fully saturated rings. The lowest BCUT2D eigenvalue weighted by Gasteiger charge is -2.17. The Hall–Kier alpha value is -2.24. The molecule has 0 saturated carbocycles. The number of benzene rings is 1. The summed E-state index contributed by atoms with van der Waals surface area (Å²) in [6.07, 6.45) is 3.37. The fraction of sp³-hybridized carbons (Fsp3) is 0.231. The Morgan fingerprint density at radius 1 is 1.42 bits per heavy atom. The maximum atomic E-state index is 13.5. The average molecular weight is 265 g/mol. The molecule has 0 radical (unpaired) electrons. The quantitative estimate of drug-likeness (QED) is 0.851. The number of aryl methyl sites for hydroxylation is 1. The number of carbonyl (C=O) groups excluding carboxylic acids is 1. The molecule has 19 heavy (non-hydrogen) atoms. The summed E-state index contributed by atoms with van der Waals surface area (Å²) in [4.78, 5) is 17.5. The summed E-state index contributed by atoms with van der Waals surface area (Å²) >= 11 is 0. The second kappa shape index (κ2) is 5.17. The third-order valence-electron chi connectivity index (χ3n) is 2.81. The van der Waals surface area contributed by atoms with Crippen molar-refractivity contribution >= 4 is 5.91 Å². The predicted molar refractivity (Wildman–Crippen MR) is 65.4 cm³/mol. The lowest BCUT2D eigenvalue weighted by molar-refractivity contribution is 0.0776. The van der Waals surface area contributed by atoms with Crippen molar-refractivity contribution in [2.24, 2.45) is 7.05 Å². The molecule has 0 atom stereocenters. The first-order valence-electron chi connectivity index (χ1n) is 5.65. The van der Waals surface area contributed by atoms with Crippen LogP contribution < -0.4 is 0 Å². The Bertz CT molecular complexity index is 610. The van der Waals surface area contributed by atoms with Crippen LogP contribution >= 0.6 is 0 Å². The van der Waals surface area contributed by atoms with Gasteiger partial charge in [-0.05, 0) is 12.1 Å². The number of carbonyl (C=O) groups is 1. The van der Waals surface area contributed by atoms with Crippen molar-refractivity contribution < 1.29 is 13.6 Å². The molecule has 4 nitrogen and oxygen atoms in total. The van der Waals surface area contributed by atoms with Crippen LogP contribution in [-0.4, -0.2) is 27.4 Å². The van der Waals surface area contributed by atoms with Gasteiger partial charge in [0.2, 0.25) is 0 Å². The molecule has 0 aliphatic rings. The summed E-state index contributed by atoms with van der Waals surface area (Å²) < 4.78 is 28.1. The molecule has 0 aliphatic heterocycles. The van der Waals surface area contributed by atoms with Crippen molar-refractivity contribution in [3.8, 4) is 0 Å². The minimum absolute atomic E-state index is 0.155. The third kappa shape index (κ3) is 2.78. The van der Waals surface area contributed by atoms with Crippen LogP contribution in [0.3, 0.4) is 0 Å². The summed E-state index contributed by atoms with van der Waals surface area (Å²) in [6, 6.07) is 2.90. The second-order valence-corrected chi connectivity index (χ2v) is 4.24. The lowest BCUT2D eigenvalue weighted by Crippen LogP contribution is -2.28. The second-order valence-electron chi connectivity index (χ2n) is 4.24. The molecule has 0 unspecified atom stereocenters. The predicted octanol–water partition coefficient (Wildman–Crippen LogP) is 1.97. The van der Waals surface area contributed by atoms with E-state index in [0.29, 0.717) is 11.9 Å². The highest BCUT2D eigenvalue weighted by molar-refractivity contribution is 5.94. The largest absolute Gasteiger partial charge is 0.337 e. The van der Waals surface area contributed by atoms with Crippen LogP contribution in [0.25, 0.3) is 0 Å². The van der Waals surface area contributed by atoms with Crippen molar-refractivity contribution in [3.63, 3.8) is 0 Å². The van der Waals surface area contributed by atoms with Gasteiger partial charge in [-0.25, -0.2) is 13.8 Å². The van der Waals surface area contributed by atoms with Crippen LogP contribution in [0.15, 0.2) is 30.6 Å². The van der Waals surface area contributed by atoms with E-state index < -0.39 is 17.5 Å². The maximum absolute atomic E-state index is 13.5. The van der Waals surface area contributed by atoms with Crippen LogP contribution in [0.1, 0.15) is 16.2 Å². The van der Waals surface area contributed by atoms with Gasteiger partial charge in [0.25, 0.3) is 5.91 Å². The van der Waals surface area contributed by atoms with E-state index in [1.165, 1.54) is 4.90 Å². The molecule has 0 bridgehead atoms. The Morgan fingerprint density at radius 2 is 2.16 bits per heavy atom. The first-order chi connectivity index (χ1) is 8.99. The van der Waals surface area contributed by atoms with Crippen LogP contribution in [0.2, 0.25) is 0 Å². The van der Waals surface area contributed by atoms with Gasteiger partial charge in [-0.3, -0.25) is 4.79 Å². The van der Waals surface area contributed by atoms with Crippen molar-refractivity contribution in [1.29, 1.82) is 0 Å². The summed E-state index contributed by atoms with van der Waals surface area (Å²) in [7, 11) is 3.35. The molecular weight excluding hydrogens is 252 g/mol. The number of aromatic nitrogens is 2. The van der Waals surface area contributed by atoms with E-state index in [4.69, 9.17) is 0 Å². The summed E-state index contributed by atoms with van der Waals surface area (Å²) in [6.45, 7) is 0.249. The lowest BCUT2D eigenvalue weighted by atomic mass is 10.2. The Labute approximate surface area is 109 Å². The van der Waals surface area contributed by atoms with Gasteiger partial charge in [-0.2, -0.15) is 0 Å². The smallest absolute Gasteiger partial charge is 0.256 e. The van der Waals surface area contributed by atoms with Crippen LogP contribution in [-0.2, 0) is 13.6 Å². The SMILES string of the molecule is CN(Cc1nccn1C)C(=O)c1ccc(F)cc1F. The summed E-state index contributed by atoms with van der Waals surface area (Å²) in [5.41, 5.74) is -0.155. The molecule has 2 rings (SSSR count). The maximum Gasteiger partial charge on any atom is 0.256 e. The van der Waals surface area contributed by atoms with Gasteiger partial charge in [0.15, 0.2) is 0 Å². The molecule has 1 aromatic carbocycles. The van der Waals surface area contributed by atoms with Crippen molar-refractivity contribution in [2.75, 3.05) is 7.05 Å². The van der Waals surface area contributed by atoms with Crippen LogP contribution in [0.5, 0.6) is 0 Å². The van der Waals surface area contributed by atoms with Crippen molar-refractivity contribution in [1.82, 2.24) is 14.5 Å². The fourth-order valence-electron chi connectivity index (χ4n) is 1.70. The molecule has 0 aliphatic carbocycles. The highest BCUT2D eigenvalue weighted by atomic mass is 19.1. The molecule has 2 aromatic rings. The van der Waals surface area contributed by atoms with Crippen LogP contribution in [0.4, 0.5) is 8.78 Å². The number of rotatable bonds is 3. The van der Waals surface area contributed by atoms with Gasteiger partial charge in [-0.15, -0.1) is 0 Å². The van der Waals surface area contributed by atoms with Gasteiger partial charge >= 0.3 is 0 Å². The van der Waals surface area contributed by atoms with E-state index in [2.05, 4.69) is 4.98 Å². The van der Waals surface area contributed by atoms with E-state index in [1.807, 2.05) is 0 Å². The number of imidazole rings is 1. The van der Waals surface area contributed by atoms with Gasteiger partial charge in [0, 0.05) is 32.6 Å². The van der Waals surface area contributed by atoms with E-state index in [0.717, 1.165) is 12.1 Å². The normalized spacial score (nSPS) is 10.5. The molecule has 0 N–H and O–H groups in total. The van der Waals surface area contributed by atoms with Crippen LogP contribution in [0, 0.1) is 11.6 Å². The Kier molecular flexibility index (Phi) is 3.59. The van der Waals surface area contributed by atoms with E-state index in [1.54, 1.807) is 31.1 Å². The number of nitrogens with zero attached hydrogens (tertiary/aromatic N) is 3. The van der Waals surface area contributed by atoms with E-state index in [-0.39, 0.29) is 12.1 Å². The zero-order chi connectivity index (χ0) is 14.0. The minimum atomic E-state index is -0.864. The van der Waals surface area contributed by atoms with Crippen molar-refractivity contribution in [2.45, 2.75) is 6.54 Å². The molecular formula is C13H13F2N3O. The number of hydrogen-bond acceptors (Lipinski definition) is 2. The van der Waals surface area contributed by atoms with Crippen molar-refractivity contribution in [3.05, 3.63) is 53.6 Å². The minimum Gasteiger partial charge on any atom is -0.337 e. The topological polar surface area (TPSA) is 38.1 Å². The monoisotopic (exact) mass is 265 g/mol. The standard InChI is InChI=1S/C13H13F2N3O/c1-17-6-5-16-12(17)8-18(2)13(19)10-4-3-9(14)7-11(10)15/h3-7H,8H2,1-2H3. The zero-order valence-electron chi connectivity index (χ0n) is 10.6. The van der Waals surface area contributed by atoms with Gasteiger partial charge in [0.1, 0.15) is 17.5 Å². The van der Waals surface area contributed by atoms with Gasteiger partial charge in [-0.1, -0.05) is 0 Å². The van der Waals surface area contributed by atoms with E-state index >= 15 is 0 Å². The molecule has 6 heteroatoms. The highest BCUT2D eigenvalue weighted by Crippen LogP contribution is 2.13. The highest BCUT2D eigenvalue weighted by Gasteiger charge is 2.17. The van der Waals surface area contributed by atoms with E-state index in [9.17, 15) is 13.6 Å². The Morgan fingerprint density at radius 3 is 2.74 bits per heavy atom. The van der Waals surface area contributed by atoms with Gasteiger partial charge < -0.3 is 9.47 Å². The molecule has 0 spiro atoms. The number of amides is 1. The number of hydrogen-bond donors (Lipinski definition) is 0. The Balaban J connectivity index is 2.17. The summed E-state index contributed by atoms with van der Waals surface area (Å²) in [5, 5.41) is 0. The molecule has 1 aromatic heterocycles. The molecule has 1 heterocycles. The third-order valence-corrected chi connectivity index (χ3v) is 2.81. The number of halogens is 2. The zero-order valence-corrected chi connectivity index (χ0v) is 10.6. The molecule has 100 valence electrons. The van der Waals surface area contributed by atoms with Gasteiger partial charge in [0.05, 0.1) is 12.1 Å². The average Bonchev–Trinajstić information content (AvgIpc) is 2.74. The first kappa shape index (κ1) is 13.2. The summed E-state index contributed by atoms with van der Waals surface area (Å²) in [5.74, 6) is -1.41.